The zero-order valence-corrected chi connectivity index (χ0v) is 12.5. The van der Waals surface area contributed by atoms with Gasteiger partial charge in [0.05, 0.1) is 6.61 Å². The minimum absolute atomic E-state index is 0.392. The standard InChI is InChI=1S/C12H21N5OS/c1-4-9-8-17(6-7-19-9)11-14-10(13-3)15-12(16-11)18-5-2/h9H,4-8H2,1-3H3,(H,13,14,15,16). The third kappa shape index (κ3) is 3.62. The van der Waals surface area contributed by atoms with Gasteiger partial charge in [0.2, 0.25) is 11.9 Å². The first-order chi connectivity index (χ1) is 9.26. The zero-order chi connectivity index (χ0) is 13.7. The summed E-state index contributed by atoms with van der Waals surface area (Å²) >= 11 is 2.03. The maximum absolute atomic E-state index is 5.40. The van der Waals surface area contributed by atoms with Crippen molar-refractivity contribution in [3.05, 3.63) is 0 Å². The van der Waals surface area contributed by atoms with E-state index in [0.717, 1.165) is 18.8 Å². The van der Waals surface area contributed by atoms with Gasteiger partial charge in [0.15, 0.2) is 0 Å². The van der Waals surface area contributed by atoms with Crippen molar-refractivity contribution in [2.75, 3.05) is 42.7 Å². The summed E-state index contributed by atoms with van der Waals surface area (Å²) < 4.78 is 5.40. The highest BCUT2D eigenvalue weighted by atomic mass is 32.2. The third-order valence-electron chi connectivity index (χ3n) is 2.98. The fourth-order valence-electron chi connectivity index (χ4n) is 1.94. The molecule has 1 aromatic rings. The number of anilines is 2. The molecule has 1 aliphatic rings. The molecule has 0 saturated carbocycles. The van der Waals surface area contributed by atoms with Crippen molar-refractivity contribution >= 4 is 23.7 Å². The Bertz CT molecular complexity index is 417. The number of ether oxygens (including phenoxy) is 1. The highest BCUT2D eigenvalue weighted by molar-refractivity contribution is 8.00. The van der Waals surface area contributed by atoms with E-state index in [1.807, 2.05) is 18.7 Å². The second-order valence-corrected chi connectivity index (χ2v) is 5.68. The smallest absolute Gasteiger partial charge is 0.323 e. The first kappa shape index (κ1) is 14.2. The molecule has 106 valence electrons. The van der Waals surface area contributed by atoms with E-state index < -0.39 is 0 Å². The Morgan fingerprint density at radius 2 is 2.21 bits per heavy atom. The Morgan fingerprint density at radius 1 is 1.37 bits per heavy atom. The molecule has 0 spiro atoms. The average molecular weight is 283 g/mol. The van der Waals surface area contributed by atoms with E-state index in [9.17, 15) is 0 Å². The van der Waals surface area contributed by atoms with Crippen LogP contribution >= 0.6 is 11.8 Å². The van der Waals surface area contributed by atoms with Gasteiger partial charge in [-0.25, -0.2) is 0 Å². The largest absolute Gasteiger partial charge is 0.464 e. The first-order valence-corrected chi connectivity index (χ1v) is 7.74. The van der Waals surface area contributed by atoms with Gasteiger partial charge in [0.25, 0.3) is 0 Å². The number of rotatable bonds is 5. The summed E-state index contributed by atoms with van der Waals surface area (Å²) in [7, 11) is 1.80. The van der Waals surface area contributed by atoms with Crippen LogP contribution in [0.25, 0.3) is 0 Å². The molecule has 1 atom stereocenters. The number of nitrogens with zero attached hydrogens (tertiary/aromatic N) is 4. The maximum Gasteiger partial charge on any atom is 0.323 e. The molecular formula is C12H21N5OS. The molecule has 2 rings (SSSR count). The van der Waals surface area contributed by atoms with Crippen LogP contribution in [0.5, 0.6) is 6.01 Å². The second kappa shape index (κ2) is 6.79. The van der Waals surface area contributed by atoms with Gasteiger partial charge in [-0.3, -0.25) is 0 Å². The van der Waals surface area contributed by atoms with Crippen LogP contribution in [0.1, 0.15) is 20.3 Å². The van der Waals surface area contributed by atoms with E-state index in [4.69, 9.17) is 4.74 Å². The molecule has 1 fully saturated rings. The van der Waals surface area contributed by atoms with Crippen LogP contribution in [0, 0.1) is 0 Å². The van der Waals surface area contributed by atoms with Crippen LogP contribution in [-0.2, 0) is 0 Å². The Hall–Kier alpha value is -1.24. The average Bonchev–Trinajstić information content (AvgIpc) is 2.47. The lowest BCUT2D eigenvalue weighted by Crippen LogP contribution is -2.38. The minimum Gasteiger partial charge on any atom is -0.464 e. The summed E-state index contributed by atoms with van der Waals surface area (Å²) in [5, 5.41) is 3.61. The van der Waals surface area contributed by atoms with Crippen LogP contribution in [0.4, 0.5) is 11.9 Å². The summed E-state index contributed by atoms with van der Waals surface area (Å²) in [5.74, 6) is 2.38. The van der Waals surface area contributed by atoms with Crippen molar-refractivity contribution in [1.82, 2.24) is 15.0 Å². The predicted molar refractivity (Wildman–Crippen MR) is 79.3 cm³/mol. The van der Waals surface area contributed by atoms with E-state index in [1.54, 1.807) is 7.05 Å². The molecular weight excluding hydrogens is 262 g/mol. The molecule has 1 aliphatic heterocycles. The molecule has 7 heteroatoms. The lowest BCUT2D eigenvalue weighted by atomic mass is 10.3. The number of nitrogens with one attached hydrogen (secondary N) is 1. The van der Waals surface area contributed by atoms with Gasteiger partial charge in [-0.2, -0.15) is 26.7 Å². The normalized spacial score (nSPS) is 19.3. The predicted octanol–water partition coefficient (Wildman–Crippen LogP) is 1.64. The van der Waals surface area contributed by atoms with Gasteiger partial charge in [-0.15, -0.1) is 0 Å². The van der Waals surface area contributed by atoms with Crippen molar-refractivity contribution in [3.8, 4) is 6.01 Å². The lowest BCUT2D eigenvalue weighted by molar-refractivity contribution is 0.312. The fraction of sp³-hybridized carbons (Fsp3) is 0.750. The number of hydrogen-bond acceptors (Lipinski definition) is 7. The zero-order valence-electron chi connectivity index (χ0n) is 11.7. The van der Waals surface area contributed by atoms with Crippen molar-refractivity contribution in [2.45, 2.75) is 25.5 Å². The Morgan fingerprint density at radius 3 is 2.89 bits per heavy atom. The molecule has 6 nitrogen and oxygen atoms in total. The van der Waals surface area contributed by atoms with Gasteiger partial charge >= 0.3 is 6.01 Å². The van der Waals surface area contributed by atoms with Crippen LogP contribution in [0.2, 0.25) is 0 Å². The third-order valence-corrected chi connectivity index (χ3v) is 4.35. The minimum atomic E-state index is 0.392. The molecule has 0 aromatic carbocycles. The number of thioether (sulfide) groups is 1. The SMILES string of the molecule is CCOc1nc(NC)nc(N2CCSC(CC)C2)n1. The van der Waals surface area contributed by atoms with Crippen molar-refractivity contribution in [1.29, 1.82) is 0 Å². The van der Waals surface area contributed by atoms with Gasteiger partial charge in [-0.1, -0.05) is 6.92 Å². The first-order valence-electron chi connectivity index (χ1n) is 6.70. The van der Waals surface area contributed by atoms with Crippen molar-refractivity contribution in [3.63, 3.8) is 0 Å². The van der Waals surface area contributed by atoms with E-state index in [2.05, 4.69) is 32.1 Å². The summed E-state index contributed by atoms with van der Waals surface area (Å²) in [4.78, 5) is 15.2. The fourth-order valence-corrected chi connectivity index (χ4v) is 3.12. The van der Waals surface area contributed by atoms with Gasteiger partial charge in [0, 0.05) is 31.1 Å². The van der Waals surface area contributed by atoms with E-state index >= 15 is 0 Å². The highest BCUT2D eigenvalue weighted by Gasteiger charge is 2.22. The summed E-state index contributed by atoms with van der Waals surface area (Å²) in [6.45, 7) is 6.66. The van der Waals surface area contributed by atoms with Gasteiger partial charge < -0.3 is 15.0 Å². The lowest BCUT2D eigenvalue weighted by Gasteiger charge is -2.31. The molecule has 0 amide bonds. The van der Waals surface area contributed by atoms with Crippen LogP contribution in [-0.4, -0.2) is 52.7 Å². The van der Waals surface area contributed by atoms with E-state index in [1.165, 1.54) is 6.42 Å². The quantitative estimate of drug-likeness (QED) is 0.881. The Labute approximate surface area is 118 Å². The van der Waals surface area contributed by atoms with Crippen molar-refractivity contribution < 1.29 is 4.74 Å². The summed E-state index contributed by atoms with van der Waals surface area (Å²) in [6, 6.07) is 0.392. The summed E-state index contributed by atoms with van der Waals surface area (Å²) in [6.07, 6.45) is 1.17. The van der Waals surface area contributed by atoms with Gasteiger partial charge in [0.1, 0.15) is 0 Å². The molecule has 19 heavy (non-hydrogen) atoms. The molecule has 2 heterocycles. The van der Waals surface area contributed by atoms with E-state index in [0.29, 0.717) is 29.8 Å². The maximum atomic E-state index is 5.40. The molecule has 1 saturated heterocycles. The molecule has 1 aromatic heterocycles. The van der Waals surface area contributed by atoms with Crippen molar-refractivity contribution in [2.24, 2.45) is 0 Å². The highest BCUT2D eigenvalue weighted by Crippen LogP contribution is 2.24. The molecule has 0 bridgehead atoms. The second-order valence-electron chi connectivity index (χ2n) is 4.27. The van der Waals surface area contributed by atoms with Gasteiger partial charge in [-0.05, 0) is 13.3 Å². The molecule has 0 radical (unpaired) electrons. The topological polar surface area (TPSA) is 63.2 Å². The monoisotopic (exact) mass is 283 g/mol. The Kier molecular flexibility index (Phi) is 5.07. The molecule has 1 N–H and O–H groups in total. The number of aromatic nitrogens is 3. The summed E-state index contributed by atoms with van der Waals surface area (Å²) in [5.41, 5.74) is 0. The Balaban J connectivity index is 2.19. The van der Waals surface area contributed by atoms with E-state index in [-0.39, 0.29) is 0 Å². The van der Waals surface area contributed by atoms with Crippen LogP contribution in [0.15, 0.2) is 0 Å². The van der Waals surface area contributed by atoms with Crippen LogP contribution < -0.4 is 15.0 Å². The van der Waals surface area contributed by atoms with Crippen LogP contribution in [0.3, 0.4) is 0 Å². The number of hydrogen-bond donors (Lipinski definition) is 1. The molecule has 1 unspecified atom stereocenters. The molecule has 0 aliphatic carbocycles.